The Morgan fingerprint density at radius 3 is 2.26 bits per heavy atom. The summed E-state index contributed by atoms with van der Waals surface area (Å²) in [5.74, 6) is 0.454. The summed E-state index contributed by atoms with van der Waals surface area (Å²) in [5, 5.41) is 0.640. The second-order valence-corrected chi connectivity index (χ2v) is 9.17. The lowest BCUT2D eigenvalue weighted by atomic mass is 9.98. The lowest BCUT2D eigenvalue weighted by Crippen LogP contribution is -2.31. The average molecular weight is 323 g/mol. The molecule has 1 rings (SSSR count). The first-order valence-corrected chi connectivity index (χ1v) is 8.78. The molecule has 0 saturated carbocycles. The Labute approximate surface area is 126 Å². The van der Waals surface area contributed by atoms with Gasteiger partial charge in [0.25, 0.3) is 0 Å². The first-order chi connectivity index (χ1) is 8.69. The third kappa shape index (κ3) is 4.37. The molecule has 0 aromatic heterocycles. The van der Waals surface area contributed by atoms with Crippen molar-refractivity contribution in [3.05, 3.63) is 34.9 Å². The van der Waals surface area contributed by atoms with Crippen molar-refractivity contribution in [2.75, 3.05) is 11.6 Å². The van der Waals surface area contributed by atoms with Crippen molar-refractivity contribution >= 4 is 33.0 Å². The molecule has 1 unspecified atom stereocenters. The number of alkyl halides is 1. The Morgan fingerprint density at radius 1 is 1.21 bits per heavy atom. The highest BCUT2D eigenvalue weighted by molar-refractivity contribution is 7.92. The maximum atomic E-state index is 12.1. The molecule has 0 aliphatic carbocycles. The molecule has 0 spiro atoms. The van der Waals surface area contributed by atoms with Crippen LogP contribution in [-0.2, 0) is 9.84 Å². The summed E-state index contributed by atoms with van der Waals surface area (Å²) in [6.45, 7) is 5.15. The van der Waals surface area contributed by atoms with Gasteiger partial charge in [-0.05, 0) is 44.7 Å². The molecule has 0 aliphatic heterocycles. The minimum absolute atomic E-state index is 0.0347. The molecule has 0 fully saturated rings. The highest BCUT2D eigenvalue weighted by Crippen LogP contribution is 2.29. The third-order valence-corrected chi connectivity index (χ3v) is 6.56. The van der Waals surface area contributed by atoms with Crippen molar-refractivity contribution in [2.45, 2.75) is 37.9 Å². The maximum absolute atomic E-state index is 12.1. The van der Waals surface area contributed by atoms with Crippen LogP contribution in [0.5, 0.6) is 0 Å². The van der Waals surface area contributed by atoms with Gasteiger partial charge in [0.1, 0.15) is 0 Å². The van der Waals surface area contributed by atoms with Crippen LogP contribution in [0.2, 0.25) is 5.02 Å². The van der Waals surface area contributed by atoms with Gasteiger partial charge in [-0.15, -0.1) is 11.6 Å². The van der Waals surface area contributed by atoms with Gasteiger partial charge in [-0.25, -0.2) is 8.42 Å². The lowest BCUT2D eigenvalue weighted by Gasteiger charge is -2.21. The van der Waals surface area contributed by atoms with Crippen LogP contribution < -0.4 is 0 Å². The molecule has 0 radical (unpaired) electrons. The van der Waals surface area contributed by atoms with E-state index in [1.165, 1.54) is 0 Å². The molecule has 5 heteroatoms. The Morgan fingerprint density at radius 2 is 1.79 bits per heavy atom. The van der Waals surface area contributed by atoms with E-state index in [0.29, 0.717) is 17.3 Å². The Hall–Kier alpha value is -0.250. The van der Waals surface area contributed by atoms with E-state index in [1.54, 1.807) is 26.8 Å². The Kier molecular flexibility index (Phi) is 5.72. The van der Waals surface area contributed by atoms with E-state index in [2.05, 4.69) is 0 Å². The molecular weight excluding hydrogens is 303 g/mol. The van der Waals surface area contributed by atoms with Crippen LogP contribution >= 0.6 is 23.2 Å². The molecule has 1 aromatic carbocycles. The van der Waals surface area contributed by atoms with E-state index in [4.69, 9.17) is 23.2 Å². The molecule has 1 aromatic rings. The summed E-state index contributed by atoms with van der Waals surface area (Å²) in [4.78, 5) is 0. The summed E-state index contributed by atoms with van der Waals surface area (Å²) in [6.07, 6.45) is 0.493. The second kappa shape index (κ2) is 6.47. The number of hydrogen-bond acceptors (Lipinski definition) is 2. The molecule has 0 amide bonds. The van der Waals surface area contributed by atoms with Crippen LogP contribution in [0.25, 0.3) is 0 Å². The fourth-order valence-electron chi connectivity index (χ4n) is 1.73. The summed E-state index contributed by atoms with van der Waals surface area (Å²) < 4.78 is 23.5. The fraction of sp³-hybridized carbons (Fsp3) is 0.571. The SMILES string of the molecule is CC(C)(C)S(=O)(=O)CCC(CCl)c1ccccc1Cl. The predicted octanol–water partition coefficient (Wildman–Crippen LogP) is 4.27. The van der Waals surface area contributed by atoms with Gasteiger partial charge in [0, 0.05) is 10.9 Å². The standard InChI is InChI=1S/C14H20Cl2O2S/c1-14(2,3)19(17,18)9-8-11(10-15)12-6-4-5-7-13(12)16/h4-7,11H,8-10H2,1-3H3. The van der Waals surface area contributed by atoms with Gasteiger partial charge in [0.15, 0.2) is 9.84 Å². The maximum Gasteiger partial charge on any atom is 0.155 e. The molecule has 1 atom stereocenters. The fourth-order valence-corrected chi connectivity index (χ4v) is 3.54. The molecule has 19 heavy (non-hydrogen) atoms. The number of hydrogen-bond donors (Lipinski definition) is 0. The first-order valence-electron chi connectivity index (χ1n) is 6.21. The van der Waals surface area contributed by atoms with Crippen molar-refractivity contribution in [2.24, 2.45) is 0 Å². The summed E-state index contributed by atoms with van der Waals surface area (Å²) >= 11 is 12.1. The van der Waals surface area contributed by atoms with Gasteiger partial charge >= 0.3 is 0 Å². The molecule has 0 bridgehead atoms. The van der Waals surface area contributed by atoms with Crippen molar-refractivity contribution in [3.8, 4) is 0 Å². The first kappa shape index (κ1) is 16.8. The highest BCUT2D eigenvalue weighted by atomic mass is 35.5. The van der Waals surface area contributed by atoms with Crippen LogP contribution in [0, 0.1) is 0 Å². The van der Waals surface area contributed by atoms with Gasteiger partial charge < -0.3 is 0 Å². The zero-order chi connectivity index (χ0) is 14.7. The van der Waals surface area contributed by atoms with Crippen LogP contribution in [0.3, 0.4) is 0 Å². The number of rotatable bonds is 5. The van der Waals surface area contributed by atoms with Gasteiger partial charge in [-0.1, -0.05) is 29.8 Å². The number of benzene rings is 1. The number of sulfone groups is 1. The van der Waals surface area contributed by atoms with E-state index >= 15 is 0 Å². The molecule has 0 aliphatic rings. The van der Waals surface area contributed by atoms with Gasteiger partial charge in [-0.2, -0.15) is 0 Å². The largest absolute Gasteiger partial charge is 0.228 e. The molecule has 0 N–H and O–H groups in total. The zero-order valence-corrected chi connectivity index (χ0v) is 13.8. The van der Waals surface area contributed by atoms with E-state index in [9.17, 15) is 8.42 Å². The monoisotopic (exact) mass is 322 g/mol. The third-order valence-electron chi connectivity index (χ3n) is 3.20. The second-order valence-electron chi connectivity index (χ2n) is 5.59. The van der Waals surface area contributed by atoms with Crippen LogP contribution in [-0.4, -0.2) is 24.8 Å². The van der Waals surface area contributed by atoms with Crippen LogP contribution in [0.1, 0.15) is 38.7 Å². The topological polar surface area (TPSA) is 34.1 Å². The summed E-state index contributed by atoms with van der Waals surface area (Å²) in [5.41, 5.74) is 0.920. The lowest BCUT2D eigenvalue weighted by molar-refractivity contribution is 0.554. The predicted molar refractivity (Wildman–Crippen MR) is 83.1 cm³/mol. The average Bonchev–Trinajstić information content (AvgIpc) is 2.30. The summed E-state index contributed by atoms with van der Waals surface area (Å²) in [7, 11) is -3.13. The van der Waals surface area contributed by atoms with E-state index in [-0.39, 0.29) is 11.7 Å². The van der Waals surface area contributed by atoms with E-state index < -0.39 is 14.6 Å². The molecular formula is C14H20Cl2O2S. The van der Waals surface area contributed by atoms with Crippen molar-refractivity contribution in [3.63, 3.8) is 0 Å². The molecule has 2 nitrogen and oxygen atoms in total. The zero-order valence-electron chi connectivity index (χ0n) is 11.5. The van der Waals surface area contributed by atoms with Crippen molar-refractivity contribution in [1.29, 1.82) is 0 Å². The smallest absolute Gasteiger partial charge is 0.155 e. The Bertz CT molecular complexity index is 518. The van der Waals surface area contributed by atoms with Gasteiger partial charge in [-0.3, -0.25) is 0 Å². The van der Waals surface area contributed by atoms with Crippen molar-refractivity contribution in [1.82, 2.24) is 0 Å². The normalized spacial score (nSPS) is 14.4. The minimum Gasteiger partial charge on any atom is -0.228 e. The molecule has 0 saturated heterocycles. The van der Waals surface area contributed by atoms with Gasteiger partial charge in [0.2, 0.25) is 0 Å². The quantitative estimate of drug-likeness (QED) is 0.759. The highest BCUT2D eigenvalue weighted by Gasteiger charge is 2.29. The molecule has 0 heterocycles. The van der Waals surface area contributed by atoms with Crippen LogP contribution in [0.4, 0.5) is 0 Å². The van der Waals surface area contributed by atoms with Gasteiger partial charge in [0.05, 0.1) is 10.5 Å². The Balaban J connectivity index is 2.84. The van der Waals surface area contributed by atoms with E-state index in [1.807, 2.05) is 18.2 Å². The minimum atomic E-state index is -3.13. The number of halogens is 2. The summed E-state index contributed by atoms with van der Waals surface area (Å²) in [6, 6.07) is 7.44. The molecule has 108 valence electrons. The van der Waals surface area contributed by atoms with Crippen molar-refractivity contribution < 1.29 is 8.42 Å². The van der Waals surface area contributed by atoms with Crippen LogP contribution in [0.15, 0.2) is 24.3 Å². The van der Waals surface area contributed by atoms with E-state index in [0.717, 1.165) is 5.56 Å².